The Balaban J connectivity index is 1.76. The third kappa shape index (κ3) is 6.90. The second-order valence-electron chi connectivity index (χ2n) is 7.41. The Labute approximate surface area is 191 Å². The van der Waals surface area contributed by atoms with Crippen LogP contribution in [0.4, 0.5) is 8.78 Å². The van der Waals surface area contributed by atoms with Crippen LogP contribution in [0.25, 0.3) is 0 Å². The SMILES string of the molecule is C=C(CCNC(=O)/C(=C/C(=C)OC)C(=C)F)NC(=O)COC1CC2=C(Cl)C(F)=C1CCC2. The second kappa shape index (κ2) is 11.8. The fourth-order valence-corrected chi connectivity index (χ4v) is 3.68. The van der Waals surface area contributed by atoms with E-state index in [0.717, 1.165) is 24.5 Å². The van der Waals surface area contributed by atoms with Crippen molar-refractivity contribution in [2.45, 2.75) is 38.2 Å². The Hall–Kier alpha value is -2.71. The lowest BCUT2D eigenvalue weighted by Crippen LogP contribution is -2.32. The van der Waals surface area contributed by atoms with Gasteiger partial charge >= 0.3 is 0 Å². The maximum atomic E-state index is 14.3. The molecule has 2 amide bonds. The van der Waals surface area contributed by atoms with Crippen LogP contribution in [0.3, 0.4) is 0 Å². The number of methoxy groups -OCH3 is 1. The molecule has 0 saturated heterocycles. The molecule has 3 aliphatic rings. The van der Waals surface area contributed by atoms with Crippen molar-refractivity contribution in [1.82, 2.24) is 10.6 Å². The molecule has 0 heterocycles. The van der Waals surface area contributed by atoms with Crippen molar-refractivity contribution in [1.29, 1.82) is 0 Å². The summed E-state index contributed by atoms with van der Waals surface area (Å²) in [6.45, 7) is 10.2. The lowest BCUT2D eigenvalue weighted by Gasteiger charge is -2.24. The summed E-state index contributed by atoms with van der Waals surface area (Å²) in [5.74, 6) is -2.42. The average Bonchev–Trinajstić information content (AvgIpc) is 3.03. The fraction of sp³-hybridized carbons (Fsp3) is 0.391. The summed E-state index contributed by atoms with van der Waals surface area (Å²) >= 11 is 6.04. The minimum atomic E-state index is -0.930. The van der Waals surface area contributed by atoms with Gasteiger partial charge in [-0.15, -0.1) is 0 Å². The third-order valence-corrected chi connectivity index (χ3v) is 5.51. The molecule has 0 aliphatic heterocycles. The first kappa shape index (κ1) is 25.5. The van der Waals surface area contributed by atoms with E-state index in [1.165, 1.54) is 7.11 Å². The summed E-state index contributed by atoms with van der Waals surface area (Å²) in [6.07, 6.45) is 3.38. The smallest absolute Gasteiger partial charge is 0.254 e. The van der Waals surface area contributed by atoms with E-state index in [9.17, 15) is 18.4 Å². The van der Waals surface area contributed by atoms with Crippen LogP contribution >= 0.6 is 11.6 Å². The van der Waals surface area contributed by atoms with Crippen LogP contribution in [0.15, 0.2) is 70.7 Å². The molecule has 0 aromatic rings. The van der Waals surface area contributed by atoms with Gasteiger partial charge in [-0.2, -0.15) is 0 Å². The number of halogens is 3. The molecule has 0 spiro atoms. The Morgan fingerprint density at radius 1 is 1.28 bits per heavy atom. The van der Waals surface area contributed by atoms with Crippen LogP contribution in [0.1, 0.15) is 32.1 Å². The van der Waals surface area contributed by atoms with E-state index in [0.29, 0.717) is 24.1 Å². The van der Waals surface area contributed by atoms with Gasteiger partial charge in [0.15, 0.2) is 0 Å². The quantitative estimate of drug-likeness (QED) is 0.268. The first-order chi connectivity index (χ1) is 15.1. The minimum Gasteiger partial charge on any atom is -0.497 e. The zero-order valence-corrected chi connectivity index (χ0v) is 18.7. The van der Waals surface area contributed by atoms with Gasteiger partial charge in [0.25, 0.3) is 5.91 Å². The van der Waals surface area contributed by atoms with E-state index in [-0.39, 0.29) is 35.9 Å². The summed E-state index contributed by atoms with van der Waals surface area (Å²) in [6, 6.07) is 0. The van der Waals surface area contributed by atoms with Gasteiger partial charge in [-0.3, -0.25) is 9.59 Å². The molecule has 0 aromatic heterocycles. The Morgan fingerprint density at radius 2 is 2.00 bits per heavy atom. The predicted octanol–water partition coefficient (Wildman–Crippen LogP) is 4.38. The molecule has 1 saturated carbocycles. The van der Waals surface area contributed by atoms with Crippen LogP contribution in [-0.2, 0) is 19.1 Å². The van der Waals surface area contributed by atoms with Crippen molar-refractivity contribution in [3.63, 3.8) is 0 Å². The van der Waals surface area contributed by atoms with E-state index in [1.807, 2.05) is 0 Å². The summed E-state index contributed by atoms with van der Waals surface area (Å²) in [7, 11) is 1.34. The van der Waals surface area contributed by atoms with Gasteiger partial charge in [0.2, 0.25) is 5.91 Å². The number of allylic oxidation sites excluding steroid dienone is 3. The minimum absolute atomic E-state index is 0.0935. The highest BCUT2D eigenvalue weighted by Crippen LogP contribution is 2.42. The number of rotatable bonds is 11. The molecule has 1 fully saturated rings. The number of amides is 2. The highest BCUT2D eigenvalue weighted by molar-refractivity contribution is 6.32. The standard InChI is InChI=1S/C23H27ClF2N2O4/c1-13(8-9-27-23(30)18(15(3)25)10-14(2)31-4)28-20(29)12-32-19-11-16-6-5-7-17(19)22(26)21(16)24/h10,19H,1-3,5-9,11-12H2,4H3,(H,27,30)(H,28,29)/b18-10+. The molecule has 1 unspecified atom stereocenters. The molecule has 0 radical (unpaired) electrons. The normalized spacial score (nSPS) is 18.2. The second-order valence-corrected chi connectivity index (χ2v) is 7.78. The summed E-state index contributed by atoms with van der Waals surface area (Å²) in [5.41, 5.74) is 1.34. The number of nitrogens with one attached hydrogen (secondary N) is 2. The Kier molecular flexibility index (Phi) is 9.41. The van der Waals surface area contributed by atoms with Gasteiger partial charge in [-0.05, 0) is 36.5 Å². The van der Waals surface area contributed by atoms with Crippen molar-refractivity contribution in [2.75, 3.05) is 20.3 Å². The first-order valence-electron chi connectivity index (χ1n) is 10.1. The van der Waals surface area contributed by atoms with E-state index >= 15 is 0 Å². The van der Waals surface area contributed by atoms with Crippen molar-refractivity contribution in [3.05, 3.63) is 70.7 Å². The molecule has 32 heavy (non-hydrogen) atoms. The van der Waals surface area contributed by atoms with E-state index in [2.05, 4.69) is 30.4 Å². The molecule has 0 aromatic carbocycles. The zero-order chi connectivity index (χ0) is 23.8. The number of carbonyl (C=O) groups excluding carboxylic acids is 2. The Bertz CT molecular complexity index is 921. The molecule has 3 aliphatic carbocycles. The van der Waals surface area contributed by atoms with Crippen LogP contribution in [0.2, 0.25) is 0 Å². The monoisotopic (exact) mass is 468 g/mol. The average molecular weight is 469 g/mol. The number of carbonyl (C=O) groups is 2. The van der Waals surface area contributed by atoms with Crippen molar-refractivity contribution in [3.8, 4) is 0 Å². The summed E-state index contributed by atoms with van der Waals surface area (Å²) in [5, 5.41) is 5.25. The largest absolute Gasteiger partial charge is 0.497 e. The number of hydrogen-bond donors (Lipinski definition) is 2. The van der Waals surface area contributed by atoms with Gasteiger partial charge in [-0.25, -0.2) is 8.78 Å². The molecule has 9 heteroatoms. The van der Waals surface area contributed by atoms with Crippen molar-refractivity contribution < 1.29 is 27.8 Å². The molecule has 1 atom stereocenters. The number of fused-ring (bicyclic) bond motifs is 4. The molecular formula is C23H27ClF2N2O4. The molecule has 2 N–H and O–H groups in total. The van der Waals surface area contributed by atoms with Crippen molar-refractivity contribution in [2.24, 2.45) is 0 Å². The molecule has 3 rings (SSSR count). The number of hydrogen-bond acceptors (Lipinski definition) is 4. The summed E-state index contributed by atoms with van der Waals surface area (Å²) < 4.78 is 38.3. The fourth-order valence-electron chi connectivity index (χ4n) is 3.39. The lowest BCUT2D eigenvalue weighted by atomic mass is 9.96. The third-order valence-electron chi connectivity index (χ3n) is 5.08. The van der Waals surface area contributed by atoms with Crippen molar-refractivity contribution >= 4 is 23.4 Å². The van der Waals surface area contributed by atoms with Crippen LogP contribution in [0.5, 0.6) is 0 Å². The Morgan fingerprint density at radius 3 is 2.66 bits per heavy atom. The molecular weight excluding hydrogens is 442 g/mol. The van der Waals surface area contributed by atoms with Crippen LogP contribution in [-0.4, -0.2) is 38.2 Å². The lowest BCUT2D eigenvalue weighted by molar-refractivity contribution is -0.126. The van der Waals surface area contributed by atoms with Gasteiger partial charge in [-0.1, -0.05) is 31.3 Å². The van der Waals surface area contributed by atoms with Crippen LogP contribution < -0.4 is 10.6 Å². The molecule has 2 bridgehead atoms. The van der Waals surface area contributed by atoms with Crippen LogP contribution in [0, 0.1) is 0 Å². The van der Waals surface area contributed by atoms with E-state index in [1.54, 1.807) is 0 Å². The van der Waals surface area contributed by atoms with Gasteiger partial charge < -0.3 is 20.1 Å². The highest BCUT2D eigenvalue weighted by Gasteiger charge is 2.32. The maximum Gasteiger partial charge on any atom is 0.254 e. The van der Waals surface area contributed by atoms with E-state index < -0.39 is 29.6 Å². The topological polar surface area (TPSA) is 76.7 Å². The molecule has 6 nitrogen and oxygen atoms in total. The zero-order valence-electron chi connectivity index (χ0n) is 18.0. The van der Waals surface area contributed by atoms with E-state index in [4.69, 9.17) is 21.1 Å². The highest BCUT2D eigenvalue weighted by atomic mass is 35.5. The first-order valence-corrected chi connectivity index (χ1v) is 10.4. The maximum absolute atomic E-state index is 14.3. The van der Waals surface area contributed by atoms with Gasteiger partial charge in [0, 0.05) is 25.1 Å². The predicted molar refractivity (Wildman–Crippen MR) is 119 cm³/mol. The van der Waals surface area contributed by atoms with Gasteiger partial charge in [0.1, 0.15) is 24.0 Å². The van der Waals surface area contributed by atoms with Gasteiger partial charge in [0.05, 0.1) is 23.8 Å². The summed E-state index contributed by atoms with van der Waals surface area (Å²) in [4.78, 5) is 24.3. The number of ether oxygens (including phenoxy) is 2. The molecule has 174 valence electrons.